The summed E-state index contributed by atoms with van der Waals surface area (Å²) < 4.78 is 74.6. The van der Waals surface area contributed by atoms with Gasteiger partial charge in [0.1, 0.15) is 10.6 Å². The fourth-order valence-electron chi connectivity index (χ4n) is 2.68. The van der Waals surface area contributed by atoms with E-state index in [-0.39, 0.29) is 18.9 Å². The van der Waals surface area contributed by atoms with E-state index in [1.807, 2.05) is 0 Å². The fraction of sp³-hybridized carbons (Fsp3) is 0.312. The van der Waals surface area contributed by atoms with Crippen molar-refractivity contribution >= 4 is 33.2 Å². The van der Waals surface area contributed by atoms with Crippen LogP contribution in [0.3, 0.4) is 0 Å². The molecule has 2 aromatic rings. The maximum Gasteiger partial charge on any atom is 0.275 e. The lowest BCUT2D eigenvalue weighted by Crippen LogP contribution is -2.59. The number of nitrogens with zero attached hydrogens (tertiary/aromatic N) is 1. The highest BCUT2D eigenvalue weighted by Crippen LogP contribution is 2.26. The zero-order valence-electron chi connectivity index (χ0n) is 14.6. The van der Waals surface area contributed by atoms with Crippen LogP contribution >= 0.6 is 11.6 Å². The van der Waals surface area contributed by atoms with Crippen LogP contribution < -0.4 is 10.0 Å². The number of aryl methyl sites for hydroxylation is 1. The molecule has 0 spiro atoms. The van der Waals surface area contributed by atoms with Crippen molar-refractivity contribution in [3.8, 4) is 0 Å². The lowest BCUT2D eigenvalue weighted by molar-refractivity contribution is -0.0523. The Morgan fingerprint density at radius 3 is 2.43 bits per heavy atom. The van der Waals surface area contributed by atoms with Crippen LogP contribution in [0.2, 0.25) is 5.02 Å². The van der Waals surface area contributed by atoms with Gasteiger partial charge < -0.3 is 14.6 Å². The van der Waals surface area contributed by atoms with Crippen molar-refractivity contribution in [2.75, 3.05) is 18.5 Å². The summed E-state index contributed by atoms with van der Waals surface area (Å²) >= 11 is 5.51. The van der Waals surface area contributed by atoms with Crippen LogP contribution in [0.1, 0.15) is 17.4 Å². The molecule has 0 atom stereocenters. The van der Waals surface area contributed by atoms with Gasteiger partial charge in [0.05, 0.1) is 23.8 Å². The lowest BCUT2D eigenvalue weighted by Gasteiger charge is -2.38. The Bertz CT molecular complexity index is 1040. The van der Waals surface area contributed by atoms with Gasteiger partial charge in [-0.2, -0.15) is 0 Å². The van der Waals surface area contributed by atoms with E-state index >= 15 is 0 Å². The molecule has 7 nitrogen and oxygen atoms in total. The number of halogens is 4. The summed E-state index contributed by atoms with van der Waals surface area (Å²) in [5.74, 6) is -4.96. The van der Waals surface area contributed by atoms with Gasteiger partial charge in [0.2, 0.25) is 10.0 Å². The van der Waals surface area contributed by atoms with E-state index in [4.69, 9.17) is 16.3 Å². The number of amides is 1. The van der Waals surface area contributed by atoms with Crippen LogP contribution in [-0.2, 0) is 21.8 Å². The molecule has 1 aliphatic heterocycles. The number of aromatic nitrogens is 1. The van der Waals surface area contributed by atoms with E-state index in [1.54, 1.807) is 6.92 Å². The predicted octanol–water partition coefficient (Wildman–Crippen LogP) is 2.42. The number of nitrogens with one attached hydrogen (secondary N) is 2. The SMILES string of the molecule is Cn1cc(S(=O)(=O)NC2(C)COC2)c(F)c1C(=O)Nc1cc(F)c(F)c(Cl)c1. The van der Waals surface area contributed by atoms with Gasteiger partial charge >= 0.3 is 0 Å². The number of hydrogen-bond donors (Lipinski definition) is 2. The van der Waals surface area contributed by atoms with Crippen LogP contribution in [0, 0.1) is 17.5 Å². The Morgan fingerprint density at radius 2 is 1.89 bits per heavy atom. The maximum absolute atomic E-state index is 14.8. The summed E-state index contributed by atoms with van der Waals surface area (Å²) in [6.45, 7) is 1.85. The largest absolute Gasteiger partial charge is 0.377 e. The molecule has 2 N–H and O–H groups in total. The summed E-state index contributed by atoms with van der Waals surface area (Å²) in [6, 6.07) is 1.60. The molecule has 2 heterocycles. The first-order chi connectivity index (χ1) is 12.9. The third-order valence-corrected chi connectivity index (χ3v) is 5.96. The molecule has 0 bridgehead atoms. The van der Waals surface area contributed by atoms with Gasteiger partial charge in [-0.05, 0) is 13.0 Å². The summed E-state index contributed by atoms with van der Waals surface area (Å²) in [6.07, 6.45) is 0.938. The minimum absolute atomic E-state index is 0.130. The second kappa shape index (κ2) is 7.07. The van der Waals surface area contributed by atoms with Gasteiger partial charge in [0, 0.05) is 25.0 Å². The Hall–Kier alpha value is -2.08. The molecule has 1 fully saturated rings. The van der Waals surface area contributed by atoms with Crippen LogP contribution in [-0.4, -0.2) is 37.6 Å². The molecule has 0 unspecified atom stereocenters. The van der Waals surface area contributed by atoms with Gasteiger partial charge in [0.15, 0.2) is 17.5 Å². The van der Waals surface area contributed by atoms with Crippen molar-refractivity contribution in [1.29, 1.82) is 0 Å². The lowest BCUT2D eigenvalue weighted by atomic mass is 10.0. The molecule has 1 aromatic heterocycles. The van der Waals surface area contributed by atoms with E-state index < -0.39 is 54.5 Å². The molecule has 0 aliphatic carbocycles. The number of sulfonamides is 1. The topological polar surface area (TPSA) is 89.4 Å². The van der Waals surface area contributed by atoms with Crippen LogP contribution in [0.15, 0.2) is 23.2 Å². The number of anilines is 1. The van der Waals surface area contributed by atoms with E-state index in [0.717, 1.165) is 16.8 Å². The Balaban J connectivity index is 1.90. The Morgan fingerprint density at radius 1 is 1.25 bits per heavy atom. The van der Waals surface area contributed by atoms with E-state index in [9.17, 15) is 26.4 Å². The Labute approximate surface area is 163 Å². The van der Waals surface area contributed by atoms with E-state index in [2.05, 4.69) is 10.0 Å². The van der Waals surface area contributed by atoms with Crippen molar-refractivity contribution < 1.29 is 31.1 Å². The van der Waals surface area contributed by atoms with Crippen LogP contribution in [0.5, 0.6) is 0 Å². The van der Waals surface area contributed by atoms with E-state index in [1.165, 1.54) is 7.05 Å². The number of carbonyl (C=O) groups is 1. The zero-order valence-corrected chi connectivity index (χ0v) is 16.2. The number of benzene rings is 1. The molecule has 3 rings (SSSR count). The standard InChI is InChI=1S/C16H15ClF3N3O4S/c1-16(6-27-7-16)22-28(25,26)11-5-23(2)14(13(11)20)15(24)21-8-3-9(17)12(19)10(18)4-8/h3-5,22H,6-7H2,1-2H3,(H,21,24). The highest BCUT2D eigenvalue weighted by atomic mass is 35.5. The third-order valence-electron chi connectivity index (χ3n) is 4.06. The highest BCUT2D eigenvalue weighted by Gasteiger charge is 2.40. The maximum atomic E-state index is 14.8. The molecule has 152 valence electrons. The fourth-order valence-corrected chi connectivity index (χ4v) is 4.39. The minimum atomic E-state index is -4.27. The zero-order chi connectivity index (χ0) is 20.9. The average molecular weight is 438 g/mol. The molecule has 1 saturated heterocycles. The van der Waals surface area contributed by atoms with Crippen molar-refractivity contribution in [3.05, 3.63) is 46.5 Å². The van der Waals surface area contributed by atoms with Crippen LogP contribution in [0.4, 0.5) is 18.9 Å². The first-order valence-corrected chi connectivity index (χ1v) is 9.72. The highest BCUT2D eigenvalue weighted by molar-refractivity contribution is 7.89. The number of rotatable bonds is 5. The third kappa shape index (κ3) is 3.75. The Kier molecular flexibility index (Phi) is 5.21. The number of ether oxygens (including phenoxy) is 1. The van der Waals surface area contributed by atoms with Gasteiger partial charge in [-0.15, -0.1) is 0 Å². The smallest absolute Gasteiger partial charge is 0.275 e. The average Bonchev–Trinajstić information content (AvgIpc) is 2.86. The molecule has 12 heteroatoms. The summed E-state index contributed by atoms with van der Waals surface area (Å²) in [4.78, 5) is 11.7. The van der Waals surface area contributed by atoms with Gasteiger partial charge in [-0.1, -0.05) is 11.6 Å². The van der Waals surface area contributed by atoms with Gasteiger partial charge in [-0.25, -0.2) is 26.3 Å². The molecular weight excluding hydrogens is 423 g/mol. The first kappa shape index (κ1) is 20.6. The molecule has 28 heavy (non-hydrogen) atoms. The minimum Gasteiger partial charge on any atom is -0.377 e. The van der Waals surface area contributed by atoms with Gasteiger partial charge in [-0.3, -0.25) is 4.79 Å². The molecule has 1 aromatic carbocycles. The van der Waals surface area contributed by atoms with Crippen LogP contribution in [0.25, 0.3) is 0 Å². The number of carbonyl (C=O) groups excluding carboxylic acids is 1. The van der Waals surface area contributed by atoms with E-state index in [0.29, 0.717) is 6.07 Å². The molecule has 1 amide bonds. The van der Waals surface area contributed by atoms with Gasteiger partial charge in [0.25, 0.3) is 5.91 Å². The monoisotopic (exact) mass is 437 g/mol. The second-order valence-electron chi connectivity index (χ2n) is 6.63. The predicted molar refractivity (Wildman–Crippen MR) is 94.2 cm³/mol. The first-order valence-electron chi connectivity index (χ1n) is 7.86. The van der Waals surface area contributed by atoms with Crippen molar-refractivity contribution in [2.24, 2.45) is 7.05 Å². The summed E-state index contributed by atoms with van der Waals surface area (Å²) in [5.41, 5.74) is -1.71. The second-order valence-corrected chi connectivity index (χ2v) is 8.69. The summed E-state index contributed by atoms with van der Waals surface area (Å²) in [5, 5.41) is 1.58. The van der Waals surface area contributed by atoms with Crippen molar-refractivity contribution in [2.45, 2.75) is 17.4 Å². The number of hydrogen-bond acceptors (Lipinski definition) is 4. The molecule has 0 saturated carbocycles. The summed E-state index contributed by atoms with van der Waals surface area (Å²) in [7, 11) is -3.01. The molecule has 0 radical (unpaired) electrons. The molecular formula is C16H15ClF3N3O4S. The van der Waals surface area contributed by atoms with Crippen molar-refractivity contribution in [3.63, 3.8) is 0 Å². The normalized spacial score (nSPS) is 15.9. The van der Waals surface area contributed by atoms with Crippen molar-refractivity contribution in [1.82, 2.24) is 9.29 Å². The quantitative estimate of drug-likeness (QED) is 0.703. The molecule has 1 aliphatic rings.